The first kappa shape index (κ1) is 27.3. The molecule has 0 saturated heterocycles. The molecule has 0 radical (unpaired) electrons. The number of carbonyl (C=O) groups excluding carboxylic acids is 1. The zero-order valence-corrected chi connectivity index (χ0v) is 22.6. The molecule has 0 N–H and O–H groups in total. The van der Waals surface area contributed by atoms with Gasteiger partial charge in [-0.1, -0.05) is 81.4 Å². The molecule has 2 aromatic rings. The Morgan fingerprint density at radius 2 is 1.58 bits per heavy atom. The van der Waals surface area contributed by atoms with Crippen LogP contribution in [-0.2, 0) is 20.5 Å². The van der Waals surface area contributed by atoms with Crippen LogP contribution in [0.1, 0.15) is 64.6 Å². The van der Waals surface area contributed by atoms with Crippen LogP contribution in [0.25, 0.3) is 0 Å². The van der Waals surface area contributed by atoms with Gasteiger partial charge in [-0.25, -0.2) is 0 Å². The van der Waals surface area contributed by atoms with Crippen LogP contribution >= 0.6 is 0 Å². The first-order valence-electron chi connectivity index (χ1n) is 12.2. The van der Waals surface area contributed by atoms with Crippen molar-refractivity contribution in [2.45, 2.75) is 84.2 Å². The number of hydrogen-bond donors (Lipinski definition) is 0. The lowest BCUT2D eigenvalue weighted by atomic mass is 10.00. The minimum absolute atomic E-state index is 0.0178. The van der Waals surface area contributed by atoms with Gasteiger partial charge in [-0.05, 0) is 49.5 Å². The summed E-state index contributed by atoms with van der Waals surface area (Å²) >= 11 is 0. The van der Waals surface area contributed by atoms with E-state index in [4.69, 9.17) is 9.16 Å². The van der Waals surface area contributed by atoms with Crippen LogP contribution in [-0.4, -0.2) is 38.4 Å². The number of rotatable bonds is 12. The molecule has 0 amide bonds. The summed E-state index contributed by atoms with van der Waals surface area (Å²) in [7, 11) is -1.86. The van der Waals surface area contributed by atoms with Gasteiger partial charge in [0.15, 0.2) is 8.32 Å². The molecule has 0 aromatic heterocycles. The molecule has 0 bridgehead atoms. The zero-order valence-electron chi connectivity index (χ0n) is 21.6. The van der Waals surface area contributed by atoms with Gasteiger partial charge in [-0.2, -0.15) is 0 Å². The molecule has 33 heavy (non-hydrogen) atoms. The summed E-state index contributed by atoms with van der Waals surface area (Å²) in [6, 6.07) is 21.2. The molecule has 0 unspecified atom stereocenters. The predicted molar refractivity (Wildman–Crippen MR) is 140 cm³/mol. The summed E-state index contributed by atoms with van der Waals surface area (Å²) in [5, 5.41) is 0.157. The van der Waals surface area contributed by atoms with Crippen molar-refractivity contribution in [1.82, 2.24) is 4.90 Å². The summed E-state index contributed by atoms with van der Waals surface area (Å²) in [4.78, 5) is 15.0. The number of benzene rings is 2. The number of carbonyl (C=O) groups is 1. The minimum Gasteiger partial charge on any atom is -0.466 e. The van der Waals surface area contributed by atoms with Gasteiger partial charge < -0.3 is 9.16 Å². The van der Waals surface area contributed by atoms with Crippen molar-refractivity contribution in [3.8, 4) is 0 Å². The second-order valence-electron chi connectivity index (χ2n) is 10.3. The fourth-order valence-corrected chi connectivity index (χ4v) is 4.82. The zero-order chi connectivity index (χ0) is 24.5. The van der Waals surface area contributed by atoms with Crippen molar-refractivity contribution in [3.63, 3.8) is 0 Å². The third-order valence-electron chi connectivity index (χ3n) is 6.88. The van der Waals surface area contributed by atoms with E-state index in [1.54, 1.807) is 0 Å². The molecular weight excluding hydrogens is 426 g/mol. The summed E-state index contributed by atoms with van der Waals surface area (Å²) in [6.45, 7) is 17.2. The molecule has 0 aliphatic rings. The van der Waals surface area contributed by atoms with Gasteiger partial charge >= 0.3 is 5.97 Å². The summed E-state index contributed by atoms with van der Waals surface area (Å²) in [6.07, 6.45) is 1.15. The highest BCUT2D eigenvalue weighted by Gasteiger charge is 2.37. The average molecular weight is 470 g/mol. The Balaban J connectivity index is 2.30. The first-order valence-corrected chi connectivity index (χ1v) is 15.1. The van der Waals surface area contributed by atoms with E-state index < -0.39 is 8.32 Å². The van der Waals surface area contributed by atoms with E-state index in [0.29, 0.717) is 19.6 Å². The Bertz CT molecular complexity index is 833. The molecule has 0 spiro atoms. The Kier molecular flexibility index (Phi) is 10.3. The van der Waals surface area contributed by atoms with E-state index in [-0.39, 0.29) is 23.1 Å². The Labute approximate surface area is 202 Å². The molecule has 0 aliphatic carbocycles. The first-order chi connectivity index (χ1) is 15.5. The second kappa shape index (κ2) is 12.5. The monoisotopic (exact) mass is 469 g/mol. The number of hydrogen-bond acceptors (Lipinski definition) is 4. The van der Waals surface area contributed by atoms with Gasteiger partial charge in [0.2, 0.25) is 0 Å². The van der Waals surface area contributed by atoms with Crippen LogP contribution in [0.3, 0.4) is 0 Å². The molecule has 5 heteroatoms. The highest BCUT2D eigenvalue weighted by molar-refractivity contribution is 6.74. The number of esters is 1. The van der Waals surface area contributed by atoms with Gasteiger partial charge in [-0.3, -0.25) is 9.69 Å². The highest BCUT2D eigenvalue weighted by Crippen LogP contribution is 2.37. The van der Waals surface area contributed by atoms with Gasteiger partial charge in [-0.15, -0.1) is 0 Å². The van der Waals surface area contributed by atoms with E-state index in [9.17, 15) is 4.79 Å². The third-order valence-corrected chi connectivity index (χ3v) is 11.4. The molecule has 0 heterocycles. The minimum atomic E-state index is -1.86. The predicted octanol–water partition coefficient (Wildman–Crippen LogP) is 6.98. The fourth-order valence-electron chi connectivity index (χ4n) is 3.76. The smallest absolute Gasteiger partial charge is 0.307 e. The van der Waals surface area contributed by atoms with Crippen molar-refractivity contribution in [3.05, 3.63) is 71.8 Å². The van der Waals surface area contributed by atoms with Crippen molar-refractivity contribution in [2.75, 3.05) is 13.2 Å². The lowest BCUT2D eigenvalue weighted by Gasteiger charge is -2.39. The normalized spacial score (nSPS) is 14.2. The van der Waals surface area contributed by atoms with Gasteiger partial charge in [0.25, 0.3) is 0 Å². The Hall–Kier alpha value is -1.95. The Morgan fingerprint density at radius 3 is 2.12 bits per heavy atom. The molecule has 2 aromatic carbocycles. The summed E-state index contributed by atoms with van der Waals surface area (Å²) in [5.74, 6) is -0.145. The van der Waals surface area contributed by atoms with Gasteiger partial charge in [0.05, 0.1) is 13.0 Å². The van der Waals surface area contributed by atoms with E-state index in [0.717, 1.165) is 13.0 Å². The molecule has 2 atom stereocenters. The number of ether oxygens (including phenoxy) is 1. The van der Waals surface area contributed by atoms with E-state index in [2.05, 4.69) is 94.2 Å². The molecule has 0 saturated carbocycles. The standard InChI is InChI=1S/C28H43NO3Si/c1-8-31-27(30)21-26(19-20-32-33(6,7)28(3,4)5)29(22-24-15-11-9-12-16-24)23(2)25-17-13-10-14-18-25/h9-18,23,26H,8,19-22H2,1-7H3/t23-,26-/m1/s1. The van der Waals surface area contributed by atoms with Crippen LogP contribution in [0, 0.1) is 0 Å². The molecule has 182 valence electrons. The maximum Gasteiger partial charge on any atom is 0.307 e. The lowest BCUT2D eigenvalue weighted by Crippen LogP contribution is -2.43. The van der Waals surface area contributed by atoms with Crippen LogP contribution in [0.2, 0.25) is 18.1 Å². The fraction of sp³-hybridized carbons (Fsp3) is 0.536. The molecule has 2 rings (SSSR count). The van der Waals surface area contributed by atoms with Crippen LogP contribution in [0.15, 0.2) is 60.7 Å². The van der Waals surface area contributed by atoms with E-state index in [1.165, 1.54) is 11.1 Å². The van der Waals surface area contributed by atoms with Crippen LogP contribution in [0.4, 0.5) is 0 Å². The maximum atomic E-state index is 12.6. The highest BCUT2D eigenvalue weighted by atomic mass is 28.4. The van der Waals surface area contributed by atoms with Crippen molar-refractivity contribution < 1.29 is 14.0 Å². The van der Waals surface area contributed by atoms with Crippen molar-refractivity contribution >= 4 is 14.3 Å². The largest absolute Gasteiger partial charge is 0.466 e. The molecule has 0 fully saturated rings. The molecule has 0 aliphatic heterocycles. The quantitative estimate of drug-likeness (QED) is 0.248. The summed E-state index contributed by atoms with van der Waals surface area (Å²) < 4.78 is 11.9. The Morgan fingerprint density at radius 1 is 1.00 bits per heavy atom. The third kappa shape index (κ3) is 8.40. The summed E-state index contributed by atoms with van der Waals surface area (Å²) in [5.41, 5.74) is 2.48. The lowest BCUT2D eigenvalue weighted by molar-refractivity contribution is -0.145. The van der Waals surface area contributed by atoms with Crippen LogP contribution < -0.4 is 0 Å². The van der Waals surface area contributed by atoms with Crippen molar-refractivity contribution in [1.29, 1.82) is 0 Å². The SMILES string of the molecule is CCOC(=O)C[C@@H](CCO[Si](C)(C)C(C)(C)C)N(Cc1ccccc1)[C@H](C)c1ccccc1. The van der Waals surface area contributed by atoms with Gasteiger partial charge in [0.1, 0.15) is 0 Å². The number of nitrogens with zero attached hydrogens (tertiary/aromatic N) is 1. The van der Waals surface area contributed by atoms with E-state index in [1.807, 2.05) is 19.1 Å². The average Bonchev–Trinajstić information content (AvgIpc) is 2.77. The topological polar surface area (TPSA) is 38.8 Å². The van der Waals surface area contributed by atoms with Crippen molar-refractivity contribution in [2.24, 2.45) is 0 Å². The maximum absolute atomic E-state index is 12.6. The molecule has 4 nitrogen and oxygen atoms in total. The molecular formula is C28H43NO3Si. The second-order valence-corrected chi connectivity index (χ2v) is 15.1. The van der Waals surface area contributed by atoms with Crippen LogP contribution in [0.5, 0.6) is 0 Å². The van der Waals surface area contributed by atoms with E-state index >= 15 is 0 Å². The van der Waals surface area contributed by atoms with Gasteiger partial charge in [0, 0.05) is 25.2 Å².